The number of nitrogens with one attached hydrogen (secondary N) is 2. The summed E-state index contributed by atoms with van der Waals surface area (Å²) in [6, 6.07) is 6.84. The van der Waals surface area contributed by atoms with Gasteiger partial charge in [0.15, 0.2) is 0 Å². The van der Waals surface area contributed by atoms with E-state index in [0.29, 0.717) is 30.3 Å². The Hall–Kier alpha value is -2.54. The van der Waals surface area contributed by atoms with Crippen molar-refractivity contribution in [3.8, 4) is 5.75 Å². The van der Waals surface area contributed by atoms with E-state index in [1.807, 2.05) is 13.8 Å². The first kappa shape index (κ1) is 20.5. The molecule has 25 heavy (non-hydrogen) atoms. The normalized spacial score (nSPS) is 10.2. The number of fused-ring (bicyclic) bond motifs is 1. The Labute approximate surface area is 151 Å². The molecule has 0 saturated heterocycles. The second kappa shape index (κ2) is 9.08. The molecule has 136 valence electrons. The number of aryl methyl sites for hydroxylation is 1. The van der Waals surface area contributed by atoms with Gasteiger partial charge >= 0.3 is 0 Å². The van der Waals surface area contributed by atoms with Crippen LogP contribution in [-0.4, -0.2) is 21.5 Å². The molecule has 0 aliphatic rings. The quantitative estimate of drug-likeness (QED) is 0.704. The van der Waals surface area contributed by atoms with Gasteiger partial charge in [-0.1, -0.05) is 26.0 Å². The maximum atomic E-state index is 12.6. The third-order valence-electron chi connectivity index (χ3n) is 3.61. The first-order valence-electron chi connectivity index (χ1n) is 7.94. The van der Waals surface area contributed by atoms with Crippen LogP contribution in [0.1, 0.15) is 43.5 Å². The lowest BCUT2D eigenvalue weighted by Crippen LogP contribution is -2.44. The van der Waals surface area contributed by atoms with E-state index in [4.69, 9.17) is 0 Å². The summed E-state index contributed by atoms with van der Waals surface area (Å²) in [5, 5.41) is 10.8. The molecule has 0 aliphatic carbocycles. The molecule has 2 aromatic rings. The van der Waals surface area contributed by atoms with Crippen molar-refractivity contribution in [1.82, 2.24) is 15.4 Å². The Balaban J connectivity index is 0.00000312. The van der Waals surface area contributed by atoms with Crippen LogP contribution < -0.4 is 16.4 Å². The fourth-order valence-electron chi connectivity index (χ4n) is 2.52. The van der Waals surface area contributed by atoms with Crippen LogP contribution >= 0.6 is 12.4 Å². The van der Waals surface area contributed by atoms with Crippen LogP contribution in [0.3, 0.4) is 0 Å². The second-order valence-corrected chi connectivity index (χ2v) is 5.45. The van der Waals surface area contributed by atoms with Crippen LogP contribution in [0.15, 0.2) is 29.1 Å². The van der Waals surface area contributed by atoms with Crippen LogP contribution in [0.4, 0.5) is 0 Å². The van der Waals surface area contributed by atoms with Crippen molar-refractivity contribution >= 4 is 35.1 Å². The predicted octanol–water partition coefficient (Wildman–Crippen LogP) is 2.10. The van der Waals surface area contributed by atoms with E-state index in [0.717, 1.165) is 0 Å². The topological polar surface area (TPSA) is 100 Å². The summed E-state index contributed by atoms with van der Waals surface area (Å²) in [5.41, 5.74) is 4.03. The first-order valence-corrected chi connectivity index (χ1v) is 7.94. The van der Waals surface area contributed by atoms with E-state index < -0.39 is 11.5 Å². The maximum Gasteiger partial charge on any atom is 0.279 e. The number of carbonyl (C=O) groups excluding carboxylic acids is 2. The SMILES string of the molecule is CCCC(=O)NNC(=O)c1c(O)c2ccccc2n(CCC)c1=O.Cl. The van der Waals surface area contributed by atoms with Crippen molar-refractivity contribution in [2.45, 2.75) is 39.7 Å². The van der Waals surface area contributed by atoms with E-state index in [-0.39, 0.29) is 36.0 Å². The Morgan fingerprint density at radius 2 is 1.80 bits per heavy atom. The Morgan fingerprint density at radius 3 is 2.44 bits per heavy atom. The Kier molecular flexibility index (Phi) is 7.44. The fourth-order valence-corrected chi connectivity index (χ4v) is 2.52. The summed E-state index contributed by atoms with van der Waals surface area (Å²) >= 11 is 0. The summed E-state index contributed by atoms with van der Waals surface area (Å²) in [6.45, 7) is 4.17. The second-order valence-electron chi connectivity index (χ2n) is 5.45. The van der Waals surface area contributed by atoms with E-state index in [2.05, 4.69) is 10.9 Å². The Morgan fingerprint density at radius 1 is 1.12 bits per heavy atom. The lowest BCUT2D eigenvalue weighted by atomic mass is 10.1. The number of hydrogen-bond acceptors (Lipinski definition) is 4. The molecule has 7 nitrogen and oxygen atoms in total. The molecule has 1 heterocycles. The molecule has 0 atom stereocenters. The van der Waals surface area contributed by atoms with E-state index >= 15 is 0 Å². The number of halogens is 1. The van der Waals surface area contributed by atoms with Gasteiger partial charge in [0.05, 0.1) is 5.52 Å². The molecule has 0 unspecified atom stereocenters. The molecule has 0 spiro atoms. The zero-order valence-electron chi connectivity index (χ0n) is 14.2. The molecule has 3 N–H and O–H groups in total. The van der Waals surface area contributed by atoms with Gasteiger partial charge in [0.2, 0.25) is 5.91 Å². The first-order chi connectivity index (χ1) is 11.5. The summed E-state index contributed by atoms with van der Waals surface area (Å²) < 4.78 is 1.46. The molecule has 0 fully saturated rings. The maximum absolute atomic E-state index is 12.6. The highest BCUT2D eigenvalue weighted by atomic mass is 35.5. The number of rotatable bonds is 5. The van der Waals surface area contributed by atoms with Crippen LogP contribution in [0, 0.1) is 0 Å². The van der Waals surface area contributed by atoms with Gasteiger partial charge in [0.1, 0.15) is 11.3 Å². The van der Waals surface area contributed by atoms with Crippen molar-refractivity contribution in [3.63, 3.8) is 0 Å². The standard InChI is InChI=1S/C17H21N3O4.ClH/c1-3-7-13(21)18-19-16(23)14-15(22)11-8-5-6-9-12(11)20(10-4-2)17(14)24;/h5-6,8-9,22H,3-4,7,10H2,1-2H3,(H,18,21)(H,19,23);1H. The van der Waals surface area contributed by atoms with Crippen molar-refractivity contribution < 1.29 is 14.7 Å². The molecular weight excluding hydrogens is 346 g/mol. The monoisotopic (exact) mass is 367 g/mol. The molecule has 2 rings (SSSR count). The van der Waals surface area contributed by atoms with Crippen LogP contribution in [0.25, 0.3) is 10.9 Å². The fraction of sp³-hybridized carbons (Fsp3) is 0.353. The zero-order chi connectivity index (χ0) is 17.7. The highest BCUT2D eigenvalue weighted by molar-refractivity contribution is 6.02. The molecule has 1 aromatic carbocycles. The molecule has 8 heteroatoms. The van der Waals surface area contributed by atoms with Crippen LogP contribution in [0.2, 0.25) is 0 Å². The third kappa shape index (κ3) is 4.30. The number of amides is 2. The largest absolute Gasteiger partial charge is 0.506 e. The van der Waals surface area contributed by atoms with Gasteiger partial charge in [-0.2, -0.15) is 0 Å². The molecular formula is C17H22ClN3O4. The molecule has 2 amide bonds. The number of para-hydroxylation sites is 1. The van der Waals surface area contributed by atoms with Crippen LogP contribution in [0.5, 0.6) is 5.75 Å². The molecule has 0 saturated carbocycles. The zero-order valence-corrected chi connectivity index (χ0v) is 15.0. The summed E-state index contributed by atoms with van der Waals surface area (Å²) in [5.74, 6) is -1.58. The minimum absolute atomic E-state index is 0. The minimum Gasteiger partial charge on any atom is -0.506 e. The van der Waals surface area contributed by atoms with Crippen molar-refractivity contribution in [1.29, 1.82) is 0 Å². The molecule has 1 aromatic heterocycles. The van der Waals surface area contributed by atoms with Gasteiger partial charge < -0.3 is 9.67 Å². The predicted molar refractivity (Wildman–Crippen MR) is 97.9 cm³/mol. The number of pyridine rings is 1. The summed E-state index contributed by atoms with van der Waals surface area (Å²) in [4.78, 5) is 36.4. The van der Waals surface area contributed by atoms with Crippen molar-refractivity contribution in [2.75, 3.05) is 0 Å². The number of carbonyl (C=O) groups is 2. The van der Waals surface area contributed by atoms with Gasteiger partial charge in [0, 0.05) is 18.4 Å². The lowest BCUT2D eigenvalue weighted by Gasteiger charge is -2.14. The highest BCUT2D eigenvalue weighted by Gasteiger charge is 2.22. The number of hydrazine groups is 1. The van der Waals surface area contributed by atoms with Crippen LogP contribution in [-0.2, 0) is 11.3 Å². The van der Waals surface area contributed by atoms with Gasteiger partial charge in [-0.05, 0) is 25.0 Å². The minimum atomic E-state index is -0.836. The van der Waals surface area contributed by atoms with Gasteiger partial charge in [-0.25, -0.2) is 0 Å². The van der Waals surface area contributed by atoms with Crippen molar-refractivity contribution in [2.24, 2.45) is 0 Å². The van der Waals surface area contributed by atoms with Gasteiger partial charge in [0.25, 0.3) is 11.5 Å². The van der Waals surface area contributed by atoms with E-state index in [9.17, 15) is 19.5 Å². The molecule has 0 bridgehead atoms. The smallest absolute Gasteiger partial charge is 0.279 e. The Bertz CT molecular complexity index is 832. The average Bonchev–Trinajstić information content (AvgIpc) is 2.57. The number of aromatic nitrogens is 1. The average molecular weight is 368 g/mol. The number of hydrogen-bond donors (Lipinski definition) is 3. The van der Waals surface area contributed by atoms with E-state index in [1.54, 1.807) is 24.3 Å². The van der Waals surface area contributed by atoms with Crippen molar-refractivity contribution in [3.05, 3.63) is 40.2 Å². The number of nitrogens with zero attached hydrogens (tertiary/aromatic N) is 1. The highest BCUT2D eigenvalue weighted by Crippen LogP contribution is 2.26. The van der Waals surface area contributed by atoms with E-state index in [1.165, 1.54) is 4.57 Å². The molecule has 0 aliphatic heterocycles. The molecule has 0 radical (unpaired) electrons. The van der Waals surface area contributed by atoms with Gasteiger partial charge in [-0.15, -0.1) is 12.4 Å². The number of aromatic hydroxyl groups is 1. The number of benzene rings is 1. The third-order valence-corrected chi connectivity index (χ3v) is 3.61. The summed E-state index contributed by atoms with van der Waals surface area (Å²) in [6.07, 6.45) is 1.58. The lowest BCUT2D eigenvalue weighted by molar-refractivity contribution is -0.121. The summed E-state index contributed by atoms with van der Waals surface area (Å²) in [7, 11) is 0. The van der Waals surface area contributed by atoms with Gasteiger partial charge in [-0.3, -0.25) is 25.2 Å².